The number of fused-ring (bicyclic) bond motifs is 1. The molecule has 0 aliphatic heterocycles. The highest BCUT2D eigenvalue weighted by Gasteiger charge is 2.27. The van der Waals surface area contributed by atoms with Gasteiger partial charge in [-0.2, -0.15) is 0 Å². The number of nitrogens with zero attached hydrogens (tertiary/aromatic N) is 2. The van der Waals surface area contributed by atoms with Crippen LogP contribution in [-0.4, -0.2) is 15.6 Å². The topological polar surface area (TPSA) is 29.9 Å². The highest BCUT2D eigenvalue weighted by molar-refractivity contribution is 5.75. The lowest BCUT2D eigenvalue weighted by atomic mass is 9.81. The monoisotopic (exact) mass is 243 g/mol. The van der Waals surface area contributed by atoms with Gasteiger partial charge in [-0.25, -0.2) is 4.98 Å². The Balaban J connectivity index is 1.82. The minimum absolute atomic E-state index is 0.319. The van der Waals surface area contributed by atoms with Crippen molar-refractivity contribution >= 4 is 11.0 Å². The summed E-state index contributed by atoms with van der Waals surface area (Å²) in [4.78, 5) is 4.74. The molecule has 0 spiro atoms. The second-order valence-corrected chi connectivity index (χ2v) is 5.68. The quantitative estimate of drug-likeness (QED) is 0.898. The Morgan fingerprint density at radius 2 is 2.06 bits per heavy atom. The zero-order valence-electron chi connectivity index (χ0n) is 11.4. The van der Waals surface area contributed by atoms with Gasteiger partial charge < -0.3 is 9.88 Å². The van der Waals surface area contributed by atoms with Crippen molar-refractivity contribution in [2.45, 2.75) is 38.8 Å². The molecule has 1 N–H and O–H groups in total. The number of aromatic nitrogens is 2. The fraction of sp³-hybridized carbons (Fsp3) is 0.533. The van der Waals surface area contributed by atoms with Gasteiger partial charge in [0, 0.05) is 13.1 Å². The van der Waals surface area contributed by atoms with Gasteiger partial charge in [-0.15, -0.1) is 0 Å². The number of imidazole rings is 1. The number of aryl methyl sites for hydroxylation is 1. The first-order chi connectivity index (χ1) is 8.65. The van der Waals surface area contributed by atoms with E-state index in [2.05, 4.69) is 49.0 Å². The van der Waals surface area contributed by atoms with E-state index in [1.54, 1.807) is 0 Å². The predicted molar refractivity (Wildman–Crippen MR) is 74.5 cm³/mol. The second-order valence-electron chi connectivity index (χ2n) is 5.68. The van der Waals surface area contributed by atoms with Crippen LogP contribution in [0.5, 0.6) is 0 Å². The van der Waals surface area contributed by atoms with Crippen molar-refractivity contribution < 1.29 is 0 Å². The number of rotatable bonds is 3. The molecule has 0 saturated heterocycles. The molecule has 1 unspecified atom stereocenters. The second kappa shape index (κ2) is 4.39. The van der Waals surface area contributed by atoms with Gasteiger partial charge in [0.25, 0.3) is 0 Å². The number of hydrogen-bond donors (Lipinski definition) is 1. The number of para-hydroxylation sites is 2. The van der Waals surface area contributed by atoms with Crippen LogP contribution in [0.2, 0.25) is 0 Å². The van der Waals surface area contributed by atoms with Gasteiger partial charge in [-0.3, -0.25) is 0 Å². The van der Waals surface area contributed by atoms with Crippen molar-refractivity contribution in [1.29, 1.82) is 0 Å². The van der Waals surface area contributed by atoms with Gasteiger partial charge in [0.1, 0.15) is 5.82 Å². The molecule has 3 rings (SSSR count). The van der Waals surface area contributed by atoms with Crippen LogP contribution < -0.4 is 5.32 Å². The van der Waals surface area contributed by atoms with Gasteiger partial charge in [0.05, 0.1) is 17.1 Å². The molecule has 3 heteroatoms. The van der Waals surface area contributed by atoms with Gasteiger partial charge in [-0.05, 0) is 37.8 Å². The van der Waals surface area contributed by atoms with Gasteiger partial charge in [0.2, 0.25) is 0 Å². The molecule has 1 atom stereocenters. The Hall–Kier alpha value is -1.35. The van der Waals surface area contributed by atoms with Crippen LogP contribution in [0, 0.1) is 5.92 Å². The molecule has 1 saturated carbocycles. The minimum Gasteiger partial charge on any atom is -0.330 e. The lowest BCUT2D eigenvalue weighted by Crippen LogP contribution is -2.41. The summed E-state index contributed by atoms with van der Waals surface area (Å²) in [6.07, 6.45) is 2.60. The molecule has 18 heavy (non-hydrogen) atoms. The van der Waals surface area contributed by atoms with Gasteiger partial charge in [-0.1, -0.05) is 19.1 Å². The van der Waals surface area contributed by atoms with Crippen LogP contribution in [0.3, 0.4) is 0 Å². The van der Waals surface area contributed by atoms with Gasteiger partial charge >= 0.3 is 0 Å². The Morgan fingerprint density at radius 3 is 2.72 bits per heavy atom. The number of benzene rings is 1. The maximum Gasteiger partial charge on any atom is 0.126 e. The van der Waals surface area contributed by atoms with Crippen molar-refractivity contribution in [3.05, 3.63) is 30.1 Å². The molecule has 1 aromatic heterocycles. The van der Waals surface area contributed by atoms with Crippen LogP contribution >= 0.6 is 0 Å². The molecule has 0 bridgehead atoms. The number of hydrogen-bond acceptors (Lipinski definition) is 2. The molecule has 1 aliphatic carbocycles. The zero-order valence-corrected chi connectivity index (χ0v) is 11.4. The standard InChI is InChI=1S/C15H21N3/c1-10-8-12(9-10)16-11(2)15-17-13-6-4-5-7-14(13)18(15)3/h4-7,10-12,16H,8-9H2,1-3H3. The third-order valence-electron chi connectivity index (χ3n) is 4.07. The van der Waals surface area contributed by atoms with E-state index >= 15 is 0 Å². The summed E-state index contributed by atoms with van der Waals surface area (Å²) >= 11 is 0. The van der Waals surface area contributed by atoms with Crippen molar-refractivity contribution in [1.82, 2.24) is 14.9 Å². The fourth-order valence-electron chi connectivity index (χ4n) is 3.02. The molecule has 3 nitrogen and oxygen atoms in total. The highest BCUT2D eigenvalue weighted by Crippen LogP contribution is 2.29. The molecule has 2 aromatic rings. The summed E-state index contributed by atoms with van der Waals surface area (Å²) in [7, 11) is 2.10. The van der Waals surface area contributed by atoms with Crippen LogP contribution in [-0.2, 0) is 7.05 Å². The van der Waals surface area contributed by atoms with Crippen molar-refractivity contribution in [3.63, 3.8) is 0 Å². The fourth-order valence-corrected chi connectivity index (χ4v) is 3.02. The predicted octanol–water partition coefficient (Wildman–Crippen LogP) is 3.02. The lowest BCUT2D eigenvalue weighted by Gasteiger charge is -2.35. The molecule has 0 amide bonds. The van der Waals surface area contributed by atoms with Crippen LogP contribution in [0.25, 0.3) is 11.0 Å². The SMILES string of the molecule is CC1CC(NC(C)c2nc3ccccc3n2C)C1. The number of nitrogens with one attached hydrogen (secondary N) is 1. The lowest BCUT2D eigenvalue weighted by molar-refractivity contribution is 0.223. The maximum atomic E-state index is 4.74. The first-order valence-corrected chi connectivity index (χ1v) is 6.82. The first kappa shape index (κ1) is 11.7. The summed E-state index contributed by atoms with van der Waals surface area (Å²) in [6, 6.07) is 9.32. The van der Waals surface area contributed by atoms with E-state index in [1.165, 1.54) is 18.4 Å². The molecule has 0 radical (unpaired) electrons. The van der Waals surface area contributed by atoms with E-state index in [0.717, 1.165) is 17.3 Å². The smallest absolute Gasteiger partial charge is 0.126 e. The van der Waals surface area contributed by atoms with Crippen molar-refractivity contribution in [2.75, 3.05) is 0 Å². The normalized spacial score (nSPS) is 25.1. The Morgan fingerprint density at radius 1 is 1.33 bits per heavy atom. The van der Waals surface area contributed by atoms with Crippen molar-refractivity contribution in [2.24, 2.45) is 13.0 Å². The van der Waals surface area contributed by atoms with Crippen LogP contribution in [0.1, 0.15) is 38.6 Å². The van der Waals surface area contributed by atoms with E-state index in [4.69, 9.17) is 4.98 Å². The summed E-state index contributed by atoms with van der Waals surface area (Å²) in [5.74, 6) is 2.02. The molecular formula is C15H21N3. The molecular weight excluding hydrogens is 222 g/mol. The minimum atomic E-state index is 0.319. The van der Waals surface area contributed by atoms with Gasteiger partial charge in [0.15, 0.2) is 0 Å². The van der Waals surface area contributed by atoms with Crippen LogP contribution in [0.15, 0.2) is 24.3 Å². The third-order valence-corrected chi connectivity index (χ3v) is 4.07. The molecule has 1 heterocycles. The largest absolute Gasteiger partial charge is 0.330 e. The summed E-state index contributed by atoms with van der Waals surface area (Å²) in [6.45, 7) is 4.53. The molecule has 1 aliphatic rings. The third kappa shape index (κ3) is 1.93. The Labute approximate surface area is 108 Å². The van der Waals surface area contributed by atoms with Crippen molar-refractivity contribution in [3.8, 4) is 0 Å². The van der Waals surface area contributed by atoms with E-state index in [1.807, 2.05) is 6.07 Å². The average Bonchev–Trinajstić information content (AvgIpc) is 2.66. The highest BCUT2D eigenvalue weighted by atomic mass is 15.1. The van der Waals surface area contributed by atoms with E-state index in [0.29, 0.717) is 12.1 Å². The molecule has 1 aromatic carbocycles. The first-order valence-electron chi connectivity index (χ1n) is 6.82. The maximum absolute atomic E-state index is 4.74. The Bertz CT molecular complexity index is 552. The summed E-state index contributed by atoms with van der Waals surface area (Å²) < 4.78 is 2.20. The average molecular weight is 243 g/mol. The molecule has 96 valence electrons. The van der Waals surface area contributed by atoms with E-state index in [9.17, 15) is 0 Å². The van der Waals surface area contributed by atoms with Crippen LogP contribution in [0.4, 0.5) is 0 Å². The summed E-state index contributed by atoms with van der Waals surface area (Å²) in [5, 5.41) is 3.68. The summed E-state index contributed by atoms with van der Waals surface area (Å²) in [5.41, 5.74) is 2.30. The zero-order chi connectivity index (χ0) is 12.7. The van der Waals surface area contributed by atoms with E-state index < -0.39 is 0 Å². The molecule has 1 fully saturated rings. The Kier molecular flexibility index (Phi) is 2.86. The van der Waals surface area contributed by atoms with E-state index in [-0.39, 0.29) is 0 Å².